The molecule has 10 nitrogen and oxygen atoms in total. The Hall–Kier alpha value is -4.59. The number of carbonyl (C=O) groups excluding carboxylic acids is 3. The highest BCUT2D eigenvalue weighted by atomic mass is 35.5. The molecule has 0 radical (unpaired) electrons. The van der Waals surface area contributed by atoms with Crippen molar-refractivity contribution in [1.29, 1.82) is 5.26 Å². The van der Waals surface area contributed by atoms with Crippen LogP contribution in [0, 0.1) is 11.3 Å². The van der Waals surface area contributed by atoms with Crippen molar-refractivity contribution in [3.8, 4) is 11.8 Å². The van der Waals surface area contributed by atoms with Gasteiger partial charge in [0.15, 0.2) is 0 Å². The lowest BCUT2D eigenvalue weighted by Crippen LogP contribution is -2.54. The van der Waals surface area contributed by atoms with Gasteiger partial charge in [0.2, 0.25) is 0 Å². The van der Waals surface area contributed by atoms with Gasteiger partial charge in [-0.2, -0.15) is 5.26 Å². The number of nitriles is 1. The maximum absolute atomic E-state index is 14.3. The van der Waals surface area contributed by atoms with Crippen LogP contribution < -0.4 is 4.90 Å². The molecule has 3 aromatic carbocycles. The summed E-state index contributed by atoms with van der Waals surface area (Å²) in [6.07, 6.45) is 0. The Bertz CT molecular complexity index is 1620. The summed E-state index contributed by atoms with van der Waals surface area (Å²) in [5, 5.41) is 29.5. The molecule has 40 heavy (non-hydrogen) atoms. The molecule has 0 aromatic heterocycles. The summed E-state index contributed by atoms with van der Waals surface area (Å²) in [6.45, 7) is -0.329. The number of phenols is 1. The smallest absolute Gasteiger partial charge is 0.340 e. The second-order valence-corrected chi connectivity index (χ2v) is 10.4. The van der Waals surface area contributed by atoms with Crippen molar-refractivity contribution in [3.63, 3.8) is 0 Å². The van der Waals surface area contributed by atoms with Crippen molar-refractivity contribution in [1.82, 2.24) is 9.80 Å². The van der Waals surface area contributed by atoms with Crippen molar-refractivity contribution in [2.45, 2.75) is 11.5 Å². The number of imide groups is 1. The molecule has 2 heterocycles. The highest BCUT2D eigenvalue weighted by Crippen LogP contribution is 2.47. The van der Waals surface area contributed by atoms with Crippen molar-refractivity contribution in [2.24, 2.45) is 0 Å². The largest absolute Gasteiger partial charge is 0.507 e. The van der Waals surface area contributed by atoms with Crippen LogP contribution in [0.4, 0.5) is 10.5 Å². The number of rotatable bonds is 4. The van der Waals surface area contributed by atoms with Crippen molar-refractivity contribution in [3.05, 3.63) is 93.0 Å². The summed E-state index contributed by atoms with van der Waals surface area (Å²) >= 11 is 12.3. The maximum Gasteiger partial charge on any atom is 0.340 e. The second-order valence-electron chi connectivity index (χ2n) is 9.51. The van der Waals surface area contributed by atoms with Crippen molar-refractivity contribution >= 4 is 52.7 Å². The summed E-state index contributed by atoms with van der Waals surface area (Å²) in [5.41, 5.74) is -1.30. The molecule has 4 amide bonds. The third-order valence-electron chi connectivity index (χ3n) is 7.38. The lowest BCUT2D eigenvalue weighted by Gasteiger charge is -2.33. The molecule has 2 N–H and O–H groups in total. The lowest BCUT2D eigenvalue weighted by atomic mass is 9.80. The topological polar surface area (TPSA) is 142 Å². The van der Waals surface area contributed by atoms with Crippen LogP contribution in [-0.4, -0.2) is 69.5 Å². The first-order valence-electron chi connectivity index (χ1n) is 11.9. The first-order valence-corrected chi connectivity index (χ1v) is 12.7. The van der Waals surface area contributed by atoms with Gasteiger partial charge in [0.1, 0.15) is 16.9 Å². The second kappa shape index (κ2) is 9.86. The Morgan fingerprint density at radius 1 is 1.05 bits per heavy atom. The molecule has 5 rings (SSSR count). The Morgan fingerprint density at radius 2 is 1.70 bits per heavy atom. The number of likely N-dealkylation sites (N-methyl/N-ethyl adjacent to an activating group) is 1. The Kier molecular flexibility index (Phi) is 6.66. The fourth-order valence-corrected chi connectivity index (χ4v) is 5.99. The summed E-state index contributed by atoms with van der Waals surface area (Å²) in [7, 11) is 1.45. The number of benzene rings is 3. The number of hydrogen-bond acceptors (Lipinski definition) is 6. The van der Waals surface area contributed by atoms with Crippen LogP contribution in [0.5, 0.6) is 5.75 Å². The molecule has 2 aliphatic rings. The normalized spacial score (nSPS) is 20.4. The van der Waals surface area contributed by atoms with Gasteiger partial charge in [-0.25, -0.2) is 14.5 Å². The third kappa shape index (κ3) is 4.11. The Labute approximate surface area is 238 Å². The number of aromatic hydroxyl groups is 1. The number of amides is 4. The number of nitrogens with zero attached hydrogens (tertiary/aromatic N) is 4. The number of aromatic carboxylic acids is 1. The number of carboxylic acids is 1. The summed E-state index contributed by atoms with van der Waals surface area (Å²) in [6, 6.07) is 15.9. The molecule has 1 spiro atoms. The first-order chi connectivity index (χ1) is 19.0. The number of carbonyl (C=O) groups is 4. The SMILES string of the molecule is CN1C(=O)N(c2cc(Cl)cc(Cl)c2)C(=O)C12CN(C(=O)c1cccc(O)c1C(=O)O)CC2c1ccc(C#N)cc1. The van der Waals surface area contributed by atoms with Gasteiger partial charge in [0, 0.05) is 29.6 Å². The highest BCUT2D eigenvalue weighted by molar-refractivity contribution is 6.36. The minimum atomic E-state index is -1.59. The number of anilines is 1. The molecule has 2 aliphatic heterocycles. The minimum absolute atomic E-state index is 0.0625. The summed E-state index contributed by atoms with van der Waals surface area (Å²) in [5.74, 6) is -4.19. The van der Waals surface area contributed by atoms with Gasteiger partial charge in [-0.1, -0.05) is 41.4 Å². The molecule has 12 heteroatoms. The number of likely N-dealkylation sites (tertiary alicyclic amines) is 1. The maximum atomic E-state index is 14.3. The number of halogens is 2. The first kappa shape index (κ1) is 27.0. The van der Waals surface area contributed by atoms with E-state index >= 15 is 0 Å². The highest BCUT2D eigenvalue weighted by Gasteiger charge is 2.65. The van der Waals surface area contributed by atoms with Gasteiger partial charge in [0.25, 0.3) is 11.8 Å². The molecule has 0 aliphatic carbocycles. The number of urea groups is 1. The van der Waals surface area contributed by atoms with E-state index in [-0.39, 0.29) is 34.4 Å². The lowest BCUT2D eigenvalue weighted by molar-refractivity contribution is -0.124. The van der Waals surface area contributed by atoms with Crippen LogP contribution in [0.1, 0.15) is 37.8 Å². The van der Waals surface area contributed by atoms with Gasteiger partial charge in [-0.05, 0) is 48.0 Å². The van der Waals surface area contributed by atoms with E-state index in [2.05, 4.69) is 0 Å². The Morgan fingerprint density at radius 3 is 2.30 bits per heavy atom. The molecule has 0 bridgehead atoms. The molecular weight excluding hydrogens is 559 g/mol. The predicted molar refractivity (Wildman–Crippen MR) is 145 cm³/mol. The van der Waals surface area contributed by atoms with E-state index < -0.39 is 46.6 Å². The predicted octanol–water partition coefficient (Wildman–Crippen LogP) is 4.35. The van der Waals surface area contributed by atoms with Gasteiger partial charge in [0.05, 0.1) is 29.4 Å². The Balaban J connectivity index is 1.64. The van der Waals surface area contributed by atoms with Crippen molar-refractivity contribution in [2.75, 3.05) is 25.0 Å². The monoisotopic (exact) mass is 578 g/mol. The summed E-state index contributed by atoms with van der Waals surface area (Å²) < 4.78 is 0. The van der Waals surface area contributed by atoms with Crippen LogP contribution in [-0.2, 0) is 4.79 Å². The van der Waals surface area contributed by atoms with Gasteiger partial charge in [-0.15, -0.1) is 0 Å². The van der Waals surface area contributed by atoms with Crippen LogP contribution in [0.15, 0.2) is 60.7 Å². The standard InChI is InChI=1S/C28H20Cl2N4O6/c1-32-27(40)34(19-10-17(29)9-18(30)11-19)26(39)28(32)14-33(13-21(28)16-7-5-15(12-31)6-8-16)24(36)20-3-2-4-22(35)23(20)25(37)38/h2-11,21,35H,13-14H2,1H3,(H,37,38). The molecule has 0 saturated carbocycles. The van der Waals surface area contributed by atoms with E-state index in [9.17, 15) is 34.7 Å². The molecule has 2 saturated heterocycles. The van der Waals surface area contributed by atoms with Gasteiger partial charge >= 0.3 is 12.0 Å². The van der Waals surface area contributed by atoms with Crippen LogP contribution in [0.25, 0.3) is 0 Å². The number of hydrogen-bond donors (Lipinski definition) is 2. The zero-order chi connectivity index (χ0) is 28.9. The van der Waals surface area contributed by atoms with Crippen molar-refractivity contribution < 1.29 is 29.4 Å². The van der Waals surface area contributed by atoms with Gasteiger partial charge in [-0.3, -0.25) is 9.59 Å². The quantitative estimate of drug-likeness (QED) is 0.438. The van der Waals surface area contributed by atoms with Crippen LogP contribution in [0.2, 0.25) is 10.0 Å². The average molecular weight is 579 g/mol. The van der Waals surface area contributed by atoms with E-state index in [4.69, 9.17) is 23.2 Å². The van der Waals surface area contributed by atoms with E-state index in [1.807, 2.05) is 6.07 Å². The zero-order valence-corrected chi connectivity index (χ0v) is 22.3. The number of carboxylic acid groups (broad SMARTS) is 1. The minimum Gasteiger partial charge on any atom is -0.507 e. The van der Waals surface area contributed by atoms with E-state index in [1.165, 1.54) is 47.2 Å². The van der Waals surface area contributed by atoms with Gasteiger partial charge < -0.3 is 20.0 Å². The van der Waals surface area contributed by atoms with Crippen LogP contribution in [0.3, 0.4) is 0 Å². The fraction of sp³-hybridized carbons (Fsp3) is 0.179. The van der Waals surface area contributed by atoms with E-state index in [1.54, 1.807) is 24.3 Å². The van der Waals surface area contributed by atoms with Crippen LogP contribution >= 0.6 is 23.2 Å². The molecule has 2 atom stereocenters. The molecule has 2 unspecified atom stereocenters. The molecule has 202 valence electrons. The molecule has 2 fully saturated rings. The summed E-state index contributed by atoms with van der Waals surface area (Å²) in [4.78, 5) is 57.0. The average Bonchev–Trinajstić information content (AvgIpc) is 3.40. The van der Waals surface area contributed by atoms with E-state index in [0.29, 0.717) is 11.1 Å². The molecule has 3 aromatic rings. The van der Waals surface area contributed by atoms with E-state index in [0.717, 1.165) is 11.0 Å². The third-order valence-corrected chi connectivity index (χ3v) is 7.82. The fourth-order valence-electron chi connectivity index (χ4n) is 5.47. The molecular formula is C28H20Cl2N4O6. The zero-order valence-electron chi connectivity index (χ0n) is 20.8.